The van der Waals surface area contributed by atoms with Crippen LogP contribution in [0.5, 0.6) is 5.75 Å². The van der Waals surface area contributed by atoms with E-state index in [4.69, 9.17) is 4.74 Å². The van der Waals surface area contributed by atoms with Gasteiger partial charge in [-0.2, -0.15) is 13.2 Å². The van der Waals surface area contributed by atoms with E-state index in [1.165, 1.54) is 12.1 Å². The summed E-state index contributed by atoms with van der Waals surface area (Å²) in [5, 5.41) is 10.2. The second-order valence-corrected chi connectivity index (χ2v) is 6.87. The number of alkyl halides is 3. The van der Waals surface area contributed by atoms with Crippen molar-refractivity contribution < 1.29 is 23.0 Å². The molecule has 0 aliphatic carbocycles. The molecule has 3 nitrogen and oxygen atoms in total. The smallest absolute Gasteiger partial charge is 0.419 e. The number of benzene rings is 1. The molecule has 23 heavy (non-hydrogen) atoms. The lowest BCUT2D eigenvalue weighted by molar-refractivity contribution is -0.139. The first kappa shape index (κ1) is 16.6. The third-order valence-corrected chi connectivity index (χ3v) is 4.92. The van der Waals surface area contributed by atoms with Crippen LogP contribution < -0.4 is 4.74 Å². The number of halogens is 3. The summed E-state index contributed by atoms with van der Waals surface area (Å²) in [6, 6.07) is 5.93. The summed E-state index contributed by atoms with van der Waals surface area (Å²) >= 11 is 0. The molecule has 2 bridgehead atoms. The fourth-order valence-electron chi connectivity index (χ4n) is 4.00. The number of aliphatic hydroxyl groups is 1. The Balaban J connectivity index is 1.59. The molecule has 0 spiro atoms. The standard InChI is InChI=1S/C17H22F3NO2/c1-16(22)10-12-6-7-13(11-16)21(12)8-9-23-15-5-3-2-4-14(15)17(18,19)20/h2-5,12-13,22H,6-11H2,1H3/t12-,13+,16?. The lowest BCUT2D eigenvalue weighted by Crippen LogP contribution is -2.50. The van der Waals surface area contributed by atoms with Gasteiger partial charge in [0.05, 0.1) is 11.2 Å². The largest absolute Gasteiger partial charge is 0.492 e. The number of hydrogen-bond donors (Lipinski definition) is 1. The van der Waals surface area contributed by atoms with Gasteiger partial charge in [0, 0.05) is 18.6 Å². The number of nitrogens with zero attached hydrogens (tertiary/aromatic N) is 1. The topological polar surface area (TPSA) is 32.7 Å². The van der Waals surface area contributed by atoms with Crippen molar-refractivity contribution in [3.63, 3.8) is 0 Å². The normalized spacial score (nSPS) is 31.3. The van der Waals surface area contributed by atoms with Crippen molar-refractivity contribution in [1.82, 2.24) is 4.90 Å². The highest BCUT2D eigenvalue weighted by Gasteiger charge is 2.45. The Morgan fingerprint density at radius 1 is 1.22 bits per heavy atom. The van der Waals surface area contributed by atoms with Gasteiger partial charge in [-0.3, -0.25) is 4.90 Å². The zero-order chi connectivity index (χ0) is 16.7. The van der Waals surface area contributed by atoms with Crippen LogP contribution in [-0.2, 0) is 6.18 Å². The van der Waals surface area contributed by atoms with E-state index in [0.29, 0.717) is 18.6 Å². The van der Waals surface area contributed by atoms with Gasteiger partial charge in [0.2, 0.25) is 0 Å². The van der Waals surface area contributed by atoms with Gasteiger partial charge in [0.15, 0.2) is 0 Å². The van der Waals surface area contributed by atoms with E-state index in [0.717, 1.165) is 31.7 Å². The average molecular weight is 329 g/mol. The predicted octanol–water partition coefficient (Wildman–Crippen LogP) is 3.46. The lowest BCUT2D eigenvalue weighted by atomic mass is 9.88. The third kappa shape index (κ3) is 3.63. The highest BCUT2D eigenvalue weighted by molar-refractivity contribution is 5.35. The van der Waals surface area contributed by atoms with Crippen molar-refractivity contribution in [3.8, 4) is 5.75 Å². The maximum Gasteiger partial charge on any atom is 0.419 e. The first-order valence-corrected chi connectivity index (χ1v) is 8.03. The van der Waals surface area contributed by atoms with Crippen molar-refractivity contribution in [3.05, 3.63) is 29.8 Å². The minimum Gasteiger partial charge on any atom is -0.492 e. The zero-order valence-corrected chi connectivity index (χ0v) is 13.1. The van der Waals surface area contributed by atoms with Crippen LogP contribution >= 0.6 is 0 Å². The predicted molar refractivity (Wildman–Crippen MR) is 80.3 cm³/mol. The van der Waals surface area contributed by atoms with Crippen molar-refractivity contribution in [2.24, 2.45) is 0 Å². The van der Waals surface area contributed by atoms with Gasteiger partial charge < -0.3 is 9.84 Å². The van der Waals surface area contributed by atoms with Crippen LogP contribution in [0.15, 0.2) is 24.3 Å². The molecule has 1 unspecified atom stereocenters. The van der Waals surface area contributed by atoms with E-state index >= 15 is 0 Å². The first-order valence-electron chi connectivity index (χ1n) is 8.03. The number of fused-ring (bicyclic) bond motifs is 2. The Labute approximate surface area is 134 Å². The molecule has 3 rings (SSSR count). The molecule has 2 aliphatic heterocycles. The summed E-state index contributed by atoms with van der Waals surface area (Å²) in [5.74, 6) is -0.114. The summed E-state index contributed by atoms with van der Waals surface area (Å²) < 4.78 is 44.2. The third-order valence-electron chi connectivity index (χ3n) is 4.92. The zero-order valence-electron chi connectivity index (χ0n) is 13.1. The molecule has 2 heterocycles. The average Bonchev–Trinajstić information content (AvgIpc) is 2.71. The Kier molecular flexibility index (Phi) is 4.31. The van der Waals surface area contributed by atoms with Gasteiger partial charge in [-0.05, 0) is 44.7 Å². The molecule has 1 aromatic rings. The van der Waals surface area contributed by atoms with Crippen LogP contribution in [0.25, 0.3) is 0 Å². The Bertz CT molecular complexity index is 543. The van der Waals surface area contributed by atoms with Crippen LogP contribution in [0, 0.1) is 0 Å². The molecule has 1 N–H and O–H groups in total. The number of para-hydroxylation sites is 1. The molecule has 0 saturated carbocycles. The maximum absolute atomic E-state index is 12.9. The molecule has 6 heteroatoms. The van der Waals surface area contributed by atoms with Crippen LogP contribution in [0.3, 0.4) is 0 Å². The summed E-state index contributed by atoms with van der Waals surface area (Å²) in [5.41, 5.74) is -1.35. The van der Waals surface area contributed by atoms with Crippen LogP contribution in [0.2, 0.25) is 0 Å². The van der Waals surface area contributed by atoms with Gasteiger partial charge >= 0.3 is 6.18 Å². The second kappa shape index (κ2) is 5.98. The molecule has 128 valence electrons. The molecular formula is C17H22F3NO2. The van der Waals surface area contributed by atoms with Crippen molar-refractivity contribution in [2.45, 2.75) is 56.5 Å². The summed E-state index contributed by atoms with van der Waals surface area (Å²) in [6.45, 7) is 2.69. The number of rotatable bonds is 4. The Morgan fingerprint density at radius 3 is 2.43 bits per heavy atom. The van der Waals surface area contributed by atoms with Gasteiger partial charge in [-0.15, -0.1) is 0 Å². The molecule has 0 aromatic heterocycles. The molecule has 1 aromatic carbocycles. The minimum atomic E-state index is -4.40. The van der Waals surface area contributed by atoms with E-state index in [2.05, 4.69) is 4.90 Å². The van der Waals surface area contributed by atoms with E-state index < -0.39 is 17.3 Å². The molecular weight excluding hydrogens is 307 g/mol. The Hall–Kier alpha value is -1.27. The molecule has 2 saturated heterocycles. The number of piperidine rings is 1. The lowest BCUT2D eigenvalue weighted by Gasteiger charge is -2.42. The quantitative estimate of drug-likeness (QED) is 0.918. The molecule has 0 amide bonds. The van der Waals surface area contributed by atoms with Gasteiger partial charge in [-0.25, -0.2) is 0 Å². The highest BCUT2D eigenvalue weighted by Crippen LogP contribution is 2.40. The van der Waals surface area contributed by atoms with E-state index in [1.54, 1.807) is 6.07 Å². The SMILES string of the molecule is CC1(O)C[C@H]2CC[C@@H](C1)N2CCOc1ccccc1C(F)(F)F. The van der Waals surface area contributed by atoms with Crippen LogP contribution in [-0.4, -0.2) is 40.8 Å². The maximum atomic E-state index is 12.9. The van der Waals surface area contributed by atoms with E-state index in [9.17, 15) is 18.3 Å². The van der Waals surface area contributed by atoms with Gasteiger partial charge in [-0.1, -0.05) is 12.1 Å². The van der Waals surface area contributed by atoms with E-state index in [1.807, 2.05) is 6.92 Å². The summed E-state index contributed by atoms with van der Waals surface area (Å²) in [6.07, 6.45) is -0.870. The summed E-state index contributed by atoms with van der Waals surface area (Å²) in [4.78, 5) is 2.29. The number of ether oxygens (including phenoxy) is 1. The van der Waals surface area contributed by atoms with Crippen molar-refractivity contribution in [2.75, 3.05) is 13.2 Å². The van der Waals surface area contributed by atoms with E-state index in [-0.39, 0.29) is 12.4 Å². The van der Waals surface area contributed by atoms with Crippen molar-refractivity contribution >= 4 is 0 Å². The van der Waals surface area contributed by atoms with Gasteiger partial charge in [0.1, 0.15) is 12.4 Å². The van der Waals surface area contributed by atoms with Gasteiger partial charge in [0.25, 0.3) is 0 Å². The second-order valence-electron chi connectivity index (χ2n) is 6.87. The minimum absolute atomic E-state index is 0.114. The highest BCUT2D eigenvalue weighted by atomic mass is 19.4. The van der Waals surface area contributed by atoms with Crippen LogP contribution in [0.4, 0.5) is 13.2 Å². The number of hydrogen-bond acceptors (Lipinski definition) is 3. The van der Waals surface area contributed by atoms with Crippen molar-refractivity contribution in [1.29, 1.82) is 0 Å². The molecule has 3 atom stereocenters. The fourth-order valence-corrected chi connectivity index (χ4v) is 4.00. The summed E-state index contributed by atoms with van der Waals surface area (Å²) in [7, 11) is 0. The fraction of sp³-hybridized carbons (Fsp3) is 0.647. The first-order chi connectivity index (χ1) is 10.8. The Morgan fingerprint density at radius 2 is 1.83 bits per heavy atom. The monoisotopic (exact) mass is 329 g/mol. The molecule has 2 fully saturated rings. The van der Waals surface area contributed by atoms with Crippen LogP contribution in [0.1, 0.15) is 38.2 Å². The molecule has 0 radical (unpaired) electrons. The molecule has 2 aliphatic rings.